The maximum atomic E-state index is 12.7. The Morgan fingerprint density at radius 3 is 1.66 bits per heavy atom. The highest BCUT2D eigenvalue weighted by Crippen LogP contribution is 2.16. The second-order valence-corrected chi connectivity index (χ2v) is 10.3. The molecule has 190 valence electrons. The van der Waals surface area contributed by atoms with Gasteiger partial charge in [-0.3, -0.25) is 4.79 Å². The van der Waals surface area contributed by atoms with E-state index in [-0.39, 0.29) is 5.24 Å². The van der Waals surface area contributed by atoms with Crippen LogP contribution in [0.15, 0.2) is 0 Å². The maximum absolute atomic E-state index is 12.7. The first-order valence-electron chi connectivity index (χ1n) is 13.7. The predicted octanol–water partition coefficient (Wildman–Crippen LogP) is 7.99. The lowest BCUT2D eigenvalue weighted by Gasteiger charge is -2.23. The van der Waals surface area contributed by atoms with Crippen LogP contribution in [0.5, 0.6) is 0 Å². The number of aldehydes is 1. The Bertz CT molecular complexity index is 420. The van der Waals surface area contributed by atoms with Crippen LogP contribution in [0.3, 0.4) is 0 Å². The smallest absolute Gasteiger partial charge is 0.281 e. The van der Waals surface area contributed by atoms with E-state index in [1.165, 1.54) is 88.8 Å². The summed E-state index contributed by atoms with van der Waals surface area (Å²) in [6, 6.07) is 0.357. The zero-order valence-corrected chi connectivity index (χ0v) is 22.5. The molecule has 0 saturated carbocycles. The van der Waals surface area contributed by atoms with Gasteiger partial charge in [0.2, 0.25) is 0 Å². The molecule has 4 nitrogen and oxygen atoms in total. The average molecular weight is 471 g/mol. The molecule has 0 aliphatic heterocycles. The molecule has 1 N–H and O–H groups in total. The average Bonchev–Trinajstić information content (AvgIpc) is 2.80. The first-order chi connectivity index (χ1) is 15.7. The lowest BCUT2D eigenvalue weighted by molar-refractivity contribution is -0.107. The fourth-order valence-electron chi connectivity index (χ4n) is 3.87. The molecular weight excluding hydrogens is 416 g/mol. The van der Waals surface area contributed by atoms with Crippen molar-refractivity contribution in [3.63, 3.8) is 0 Å². The molecule has 0 aromatic heterocycles. The third kappa shape index (κ3) is 21.3. The molecule has 1 atom stereocenters. The van der Waals surface area contributed by atoms with Crippen LogP contribution in [-0.4, -0.2) is 48.4 Å². The Hall–Kier alpha value is -0.550. The van der Waals surface area contributed by atoms with Crippen molar-refractivity contribution in [1.82, 2.24) is 10.2 Å². The summed E-state index contributed by atoms with van der Waals surface area (Å²) in [5, 5.41) is 3.46. The molecule has 5 heteroatoms. The molecular formula is C27H54N2O2S. The monoisotopic (exact) mass is 470 g/mol. The number of nitrogens with zero attached hydrogens (tertiary/aromatic N) is 1. The van der Waals surface area contributed by atoms with E-state index in [1.807, 2.05) is 7.05 Å². The van der Waals surface area contributed by atoms with Gasteiger partial charge in [-0.15, -0.1) is 0 Å². The van der Waals surface area contributed by atoms with E-state index in [0.717, 1.165) is 57.2 Å². The van der Waals surface area contributed by atoms with Crippen LogP contribution in [0.25, 0.3) is 0 Å². The van der Waals surface area contributed by atoms with Gasteiger partial charge in [-0.25, -0.2) is 0 Å². The summed E-state index contributed by atoms with van der Waals surface area (Å²) in [6.45, 7) is 6.18. The number of thioether (sulfide) groups is 1. The second kappa shape index (κ2) is 25.1. The van der Waals surface area contributed by atoms with Crippen LogP contribution in [0.2, 0.25) is 0 Å². The minimum absolute atomic E-state index is 0.246. The third-order valence-electron chi connectivity index (χ3n) is 6.24. The highest BCUT2D eigenvalue weighted by Gasteiger charge is 2.14. The topological polar surface area (TPSA) is 49.4 Å². The van der Waals surface area contributed by atoms with Crippen molar-refractivity contribution in [2.24, 2.45) is 0 Å². The molecule has 0 spiro atoms. The predicted molar refractivity (Wildman–Crippen MR) is 143 cm³/mol. The van der Waals surface area contributed by atoms with E-state index in [4.69, 9.17) is 0 Å². The standard InChI is InChI=1S/C27H54N2O2S/c1-4-5-6-7-8-9-10-11-12-13-16-19-22-29(27(31)32-25-26(2)28-3)23-20-17-14-15-18-21-24-30/h24,26,28H,4-23,25H2,1-3H3. The van der Waals surface area contributed by atoms with Gasteiger partial charge >= 0.3 is 0 Å². The Morgan fingerprint density at radius 1 is 0.781 bits per heavy atom. The second-order valence-electron chi connectivity index (χ2n) is 9.37. The van der Waals surface area contributed by atoms with Gasteiger partial charge in [0, 0.05) is 31.3 Å². The molecule has 0 rings (SSSR count). The Morgan fingerprint density at radius 2 is 1.22 bits per heavy atom. The van der Waals surface area contributed by atoms with E-state index in [2.05, 4.69) is 24.1 Å². The first kappa shape index (κ1) is 31.4. The fraction of sp³-hybridized carbons (Fsp3) is 0.926. The normalized spacial score (nSPS) is 12.1. The van der Waals surface area contributed by atoms with E-state index < -0.39 is 0 Å². The molecule has 0 aromatic carbocycles. The zero-order chi connectivity index (χ0) is 23.7. The van der Waals surface area contributed by atoms with E-state index >= 15 is 0 Å². The summed E-state index contributed by atoms with van der Waals surface area (Å²) >= 11 is 1.46. The lowest BCUT2D eigenvalue weighted by Crippen LogP contribution is -2.32. The number of carbonyl (C=O) groups is 2. The fourth-order valence-corrected chi connectivity index (χ4v) is 4.79. The molecule has 0 radical (unpaired) electrons. The SMILES string of the molecule is CCCCCCCCCCCCCCN(CCCCCCCC=O)C(=O)SCC(C)NC. The summed E-state index contributed by atoms with van der Waals surface area (Å²) in [6.07, 6.45) is 23.4. The minimum Gasteiger partial charge on any atom is -0.334 e. The van der Waals surface area contributed by atoms with Gasteiger partial charge in [0.15, 0.2) is 0 Å². The number of carbonyl (C=O) groups excluding carboxylic acids is 2. The van der Waals surface area contributed by atoms with Gasteiger partial charge in [-0.05, 0) is 33.2 Å². The van der Waals surface area contributed by atoms with Crippen molar-refractivity contribution < 1.29 is 9.59 Å². The van der Waals surface area contributed by atoms with Crippen LogP contribution >= 0.6 is 11.8 Å². The number of amides is 1. The number of hydrogen-bond acceptors (Lipinski definition) is 4. The van der Waals surface area contributed by atoms with Crippen molar-refractivity contribution in [3.8, 4) is 0 Å². The quantitative estimate of drug-likeness (QED) is 0.115. The number of rotatable bonds is 24. The number of hydrogen-bond donors (Lipinski definition) is 1. The molecule has 0 fully saturated rings. The number of nitrogens with one attached hydrogen (secondary N) is 1. The van der Waals surface area contributed by atoms with Gasteiger partial charge in [0.1, 0.15) is 6.29 Å². The van der Waals surface area contributed by atoms with E-state index in [1.54, 1.807) is 0 Å². The maximum Gasteiger partial charge on any atom is 0.281 e. The summed E-state index contributed by atoms with van der Waals surface area (Å²) in [5.74, 6) is 0.829. The molecule has 0 bridgehead atoms. The van der Waals surface area contributed by atoms with E-state index in [9.17, 15) is 9.59 Å². The van der Waals surface area contributed by atoms with Crippen molar-refractivity contribution >= 4 is 23.3 Å². The van der Waals surface area contributed by atoms with Crippen molar-refractivity contribution in [2.75, 3.05) is 25.9 Å². The first-order valence-corrected chi connectivity index (χ1v) is 14.7. The van der Waals surface area contributed by atoms with Gasteiger partial charge in [-0.2, -0.15) is 0 Å². The molecule has 0 saturated heterocycles. The van der Waals surface area contributed by atoms with Crippen LogP contribution in [-0.2, 0) is 4.79 Å². The third-order valence-corrected chi connectivity index (χ3v) is 7.41. The molecule has 1 unspecified atom stereocenters. The van der Waals surface area contributed by atoms with E-state index in [0.29, 0.717) is 12.5 Å². The summed E-state index contributed by atoms with van der Waals surface area (Å²) in [7, 11) is 1.95. The Labute approximate surface area is 204 Å². The van der Waals surface area contributed by atoms with Gasteiger partial charge < -0.3 is 15.0 Å². The molecule has 0 heterocycles. The molecule has 1 amide bonds. The van der Waals surface area contributed by atoms with Crippen LogP contribution in [0.4, 0.5) is 4.79 Å². The van der Waals surface area contributed by atoms with Crippen molar-refractivity contribution in [3.05, 3.63) is 0 Å². The summed E-state index contributed by atoms with van der Waals surface area (Å²) in [4.78, 5) is 25.2. The lowest BCUT2D eigenvalue weighted by atomic mass is 10.1. The largest absolute Gasteiger partial charge is 0.334 e. The minimum atomic E-state index is 0.246. The molecule has 32 heavy (non-hydrogen) atoms. The van der Waals surface area contributed by atoms with Gasteiger partial charge in [0.05, 0.1) is 0 Å². The van der Waals surface area contributed by atoms with Gasteiger partial charge in [0.25, 0.3) is 5.24 Å². The highest BCUT2D eigenvalue weighted by atomic mass is 32.2. The summed E-state index contributed by atoms with van der Waals surface area (Å²) in [5.41, 5.74) is 0. The number of unbranched alkanes of at least 4 members (excludes halogenated alkanes) is 16. The van der Waals surface area contributed by atoms with Crippen LogP contribution in [0, 0.1) is 0 Å². The van der Waals surface area contributed by atoms with Crippen molar-refractivity contribution in [1.29, 1.82) is 0 Å². The molecule has 0 aliphatic carbocycles. The Balaban J connectivity index is 3.95. The zero-order valence-electron chi connectivity index (χ0n) is 21.7. The van der Waals surface area contributed by atoms with Gasteiger partial charge in [-0.1, -0.05) is 109 Å². The Kier molecular flexibility index (Phi) is 24.6. The van der Waals surface area contributed by atoms with Crippen LogP contribution in [0.1, 0.15) is 129 Å². The van der Waals surface area contributed by atoms with Crippen LogP contribution < -0.4 is 5.32 Å². The summed E-state index contributed by atoms with van der Waals surface area (Å²) < 4.78 is 0. The molecule has 0 aromatic rings. The highest BCUT2D eigenvalue weighted by molar-refractivity contribution is 8.13. The molecule has 0 aliphatic rings. The van der Waals surface area contributed by atoms with Crippen molar-refractivity contribution in [2.45, 2.75) is 135 Å².